The highest BCUT2D eigenvalue weighted by Crippen LogP contribution is 2.36. The molecule has 4 rings (SSSR count). The van der Waals surface area contributed by atoms with E-state index in [-0.39, 0.29) is 5.75 Å². The minimum absolute atomic E-state index is 0.224. The molecule has 24 heavy (non-hydrogen) atoms. The zero-order valence-corrected chi connectivity index (χ0v) is 13.9. The van der Waals surface area contributed by atoms with Crippen molar-refractivity contribution < 1.29 is 9.84 Å². The maximum Gasteiger partial charge on any atom is 0.200 e. The lowest BCUT2D eigenvalue weighted by Crippen LogP contribution is -2.19. The Balaban J connectivity index is 1.95. The number of phenols is 1. The Morgan fingerprint density at radius 3 is 3.00 bits per heavy atom. The Kier molecular flexibility index (Phi) is 3.50. The van der Waals surface area contributed by atoms with Crippen LogP contribution in [0.4, 0.5) is 5.69 Å². The van der Waals surface area contributed by atoms with Gasteiger partial charge in [-0.3, -0.25) is 9.67 Å². The van der Waals surface area contributed by atoms with E-state index in [1.807, 2.05) is 35.8 Å². The van der Waals surface area contributed by atoms with E-state index in [0.29, 0.717) is 17.2 Å². The van der Waals surface area contributed by atoms with Crippen LogP contribution in [0.1, 0.15) is 5.56 Å². The van der Waals surface area contributed by atoms with Crippen molar-refractivity contribution in [2.24, 2.45) is 0 Å². The zero-order chi connectivity index (χ0) is 16.7. The fraction of sp³-hybridized carbons (Fsp3) is 0.176. The van der Waals surface area contributed by atoms with Crippen LogP contribution >= 0.6 is 12.2 Å². The van der Waals surface area contributed by atoms with E-state index in [9.17, 15) is 5.11 Å². The highest BCUT2D eigenvalue weighted by atomic mass is 32.1. The Morgan fingerprint density at radius 2 is 2.17 bits per heavy atom. The molecule has 2 heterocycles. The number of phenolic OH excluding ortho intramolecular Hbond substituents is 1. The predicted molar refractivity (Wildman–Crippen MR) is 94.6 cm³/mol. The fourth-order valence-corrected chi connectivity index (χ4v) is 3.16. The first-order chi connectivity index (χ1) is 11.6. The second-order valence-electron chi connectivity index (χ2n) is 5.62. The van der Waals surface area contributed by atoms with E-state index >= 15 is 0 Å². The number of anilines is 1. The van der Waals surface area contributed by atoms with Crippen LogP contribution < -0.4 is 10.1 Å². The van der Waals surface area contributed by atoms with Crippen molar-refractivity contribution in [3.8, 4) is 28.6 Å². The van der Waals surface area contributed by atoms with E-state index in [1.165, 1.54) is 0 Å². The number of nitrogens with one attached hydrogen (secondary N) is 2. The third kappa shape index (κ3) is 2.33. The monoisotopic (exact) mass is 340 g/mol. The number of hydrogen-bond acceptors (Lipinski definition) is 5. The molecule has 2 aromatic carbocycles. The second kappa shape index (κ2) is 5.68. The molecule has 0 saturated heterocycles. The molecule has 0 spiro atoms. The number of aromatic amines is 1. The summed E-state index contributed by atoms with van der Waals surface area (Å²) >= 11 is 5.45. The van der Waals surface area contributed by atoms with Gasteiger partial charge in [0.25, 0.3) is 0 Å². The normalized spacial score (nSPS) is 13.0. The SMILES string of the molecule is Cc1cc(O)ccc1-c1n[nH]c(=S)n1-c1cccc2c1OCCN2. The Bertz CT molecular complexity index is 977. The van der Waals surface area contributed by atoms with Crippen LogP contribution in [0, 0.1) is 11.7 Å². The van der Waals surface area contributed by atoms with Crippen LogP contribution in [0.2, 0.25) is 0 Å². The quantitative estimate of drug-likeness (QED) is 0.623. The molecule has 0 fully saturated rings. The lowest BCUT2D eigenvalue weighted by molar-refractivity contribution is 0.322. The van der Waals surface area contributed by atoms with Crippen LogP contribution in [0.3, 0.4) is 0 Å². The molecular formula is C17H16N4O2S. The van der Waals surface area contributed by atoms with Gasteiger partial charge in [-0.25, -0.2) is 0 Å². The van der Waals surface area contributed by atoms with Gasteiger partial charge in [0.1, 0.15) is 12.4 Å². The number of aromatic hydroxyl groups is 1. The summed E-state index contributed by atoms with van der Waals surface area (Å²) in [6.07, 6.45) is 0. The lowest BCUT2D eigenvalue weighted by Gasteiger charge is -2.22. The Labute approximate surface area is 143 Å². The van der Waals surface area contributed by atoms with E-state index in [0.717, 1.165) is 34.8 Å². The van der Waals surface area contributed by atoms with Crippen LogP contribution in [-0.4, -0.2) is 33.0 Å². The molecule has 0 atom stereocenters. The van der Waals surface area contributed by atoms with Crippen LogP contribution in [0.15, 0.2) is 36.4 Å². The second-order valence-corrected chi connectivity index (χ2v) is 6.00. The molecule has 1 aliphatic heterocycles. The molecule has 0 amide bonds. The zero-order valence-electron chi connectivity index (χ0n) is 13.0. The van der Waals surface area contributed by atoms with Gasteiger partial charge in [-0.15, -0.1) is 0 Å². The molecule has 0 aliphatic carbocycles. The maximum atomic E-state index is 9.65. The Hall–Kier alpha value is -2.80. The van der Waals surface area contributed by atoms with Crippen LogP contribution in [0.25, 0.3) is 17.1 Å². The van der Waals surface area contributed by atoms with Crippen molar-refractivity contribution in [1.29, 1.82) is 0 Å². The molecule has 122 valence electrons. The van der Waals surface area contributed by atoms with Gasteiger partial charge in [0.15, 0.2) is 16.3 Å². The van der Waals surface area contributed by atoms with Gasteiger partial charge >= 0.3 is 0 Å². The lowest BCUT2D eigenvalue weighted by atomic mass is 10.1. The minimum atomic E-state index is 0.224. The molecule has 0 radical (unpaired) electrons. The summed E-state index contributed by atoms with van der Waals surface area (Å²) in [6, 6.07) is 11.1. The molecule has 3 aromatic rings. The minimum Gasteiger partial charge on any atom is -0.508 e. The van der Waals surface area contributed by atoms with Crippen molar-refractivity contribution in [2.45, 2.75) is 6.92 Å². The molecule has 3 N–H and O–H groups in total. The van der Waals surface area contributed by atoms with Crippen LogP contribution in [0.5, 0.6) is 11.5 Å². The molecule has 1 aromatic heterocycles. The van der Waals surface area contributed by atoms with Gasteiger partial charge in [-0.2, -0.15) is 5.10 Å². The highest BCUT2D eigenvalue weighted by Gasteiger charge is 2.20. The summed E-state index contributed by atoms with van der Waals surface area (Å²) in [4.78, 5) is 0. The number of nitrogens with zero attached hydrogens (tertiary/aromatic N) is 2. The predicted octanol–water partition coefficient (Wildman–Crippen LogP) is 3.42. The van der Waals surface area contributed by atoms with Crippen molar-refractivity contribution in [3.63, 3.8) is 0 Å². The summed E-state index contributed by atoms with van der Waals surface area (Å²) in [6.45, 7) is 3.30. The van der Waals surface area contributed by atoms with Crippen LogP contribution in [-0.2, 0) is 0 Å². The third-order valence-electron chi connectivity index (χ3n) is 4.02. The number of H-pyrrole nitrogens is 1. The van der Waals surface area contributed by atoms with Gasteiger partial charge in [-0.05, 0) is 55.0 Å². The summed E-state index contributed by atoms with van der Waals surface area (Å²) in [7, 11) is 0. The van der Waals surface area contributed by atoms with E-state index in [4.69, 9.17) is 17.0 Å². The van der Waals surface area contributed by atoms with Gasteiger partial charge in [0.2, 0.25) is 0 Å². The molecule has 0 unspecified atom stereocenters. The summed E-state index contributed by atoms with van der Waals surface area (Å²) in [5.74, 6) is 1.67. The van der Waals surface area contributed by atoms with E-state index < -0.39 is 0 Å². The molecular weight excluding hydrogens is 324 g/mol. The van der Waals surface area contributed by atoms with Gasteiger partial charge in [0, 0.05) is 12.1 Å². The van der Waals surface area contributed by atoms with Gasteiger partial charge in [0.05, 0.1) is 11.4 Å². The number of benzene rings is 2. The van der Waals surface area contributed by atoms with Crippen molar-refractivity contribution in [3.05, 3.63) is 46.7 Å². The largest absolute Gasteiger partial charge is 0.508 e. The van der Waals surface area contributed by atoms with Gasteiger partial charge < -0.3 is 15.2 Å². The fourth-order valence-electron chi connectivity index (χ4n) is 2.93. The molecule has 0 bridgehead atoms. The molecule has 0 saturated carbocycles. The highest BCUT2D eigenvalue weighted by molar-refractivity contribution is 7.71. The number of aromatic nitrogens is 3. The smallest absolute Gasteiger partial charge is 0.200 e. The standard InChI is InChI=1S/C17H16N4O2S/c1-10-9-11(22)5-6-12(10)16-19-20-17(24)21(16)14-4-2-3-13-15(14)23-8-7-18-13/h2-6,9,18,22H,7-8H2,1H3,(H,20,24). The molecule has 1 aliphatic rings. The number of aryl methyl sites for hydroxylation is 1. The average Bonchev–Trinajstić information content (AvgIpc) is 2.95. The topological polar surface area (TPSA) is 75.1 Å². The summed E-state index contributed by atoms with van der Waals surface area (Å²) in [5.41, 5.74) is 3.58. The average molecular weight is 340 g/mol. The van der Waals surface area contributed by atoms with E-state index in [1.54, 1.807) is 12.1 Å². The Morgan fingerprint density at radius 1 is 1.29 bits per heavy atom. The molecule has 7 heteroatoms. The number of fused-ring (bicyclic) bond motifs is 1. The maximum absolute atomic E-state index is 9.65. The number of rotatable bonds is 2. The first-order valence-electron chi connectivity index (χ1n) is 7.62. The van der Waals surface area contributed by atoms with Gasteiger partial charge in [-0.1, -0.05) is 6.07 Å². The number of ether oxygens (including phenoxy) is 1. The number of hydrogen-bond donors (Lipinski definition) is 3. The van der Waals surface area contributed by atoms with E-state index in [2.05, 4.69) is 15.5 Å². The summed E-state index contributed by atoms with van der Waals surface area (Å²) in [5, 5.41) is 20.2. The van der Waals surface area contributed by atoms with Crippen molar-refractivity contribution in [1.82, 2.24) is 14.8 Å². The van der Waals surface area contributed by atoms with Crippen molar-refractivity contribution in [2.75, 3.05) is 18.5 Å². The number of para-hydroxylation sites is 1. The van der Waals surface area contributed by atoms with Crippen molar-refractivity contribution >= 4 is 17.9 Å². The first kappa shape index (κ1) is 14.8. The molecule has 6 nitrogen and oxygen atoms in total. The first-order valence-corrected chi connectivity index (χ1v) is 8.03. The third-order valence-corrected chi connectivity index (χ3v) is 4.30. The summed E-state index contributed by atoms with van der Waals surface area (Å²) < 4.78 is 8.21.